The number of nitrogens with zero attached hydrogens (tertiary/aromatic N) is 4. The highest BCUT2D eigenvalue weighted by molar-refractivity contribution is 5.83. The summed E-state index contributed by atoms with van der Waals surface area (Å²) in [6.45, 7) is 1.98. The maximum Gasteiger partial charge on any atom is 0.201 e. The number of nitriles is 1. The third-order valence-electron chi connectivity index (χ3n) is 4.24. The third-order valence-corrected chi connectivity index (χ3v) is 4.24. The molecule has 2 aromatic rings. The summed E-state index contributed by atoms with van der Waals surface area (Å²) >= 11 is 0. The lowest BCUT2D eigenvalue weighted by molar-refractivity contribution is 0.169. The van der Waals surface area contributed by atoms with Gasteiger partial charge in [0.25, 0.3) is 0 Å². The number of nitrogens with two attached hydrogens (primary N) is 1. The third kappa shape index (κ3) is 2.12. The fourth-order valence-corrected chi connectivity index (χ4v) is 3.03. The predicted molar refractivity (Wildman–Crippen MR) is 79.1 cm³/mol. The smallest absolute Gasteiger partial charge is 0.201 e. The summed E-state index contributed by atoms with van der Waals surface area (Å²) in [7, 11) is 2.17. The number of piperidine rings is 1. The minimum absolute atomic E-state index is 0.495. The highest BCUT2D eigenvalue weighted by Gasteiger charge is 2.21. The first-order chi connectivity index (χ1) is 9.70. The lowest BCUT2D eigenvalue weighted by Gasteiger charge is -2.32. The van der Waals surface area contributed by atoms with Gasteiger partial charge in [0.1, 0.15) is 11.6 Å². The maximum absolute atomic E-state index is 9.15. The van der Waals surface area contributed by atoms with E-state index in [1.807, 2.05) is 16.7 Å². The van der Waals surface area contributed by atoms with E-state index in [2.05, 4.69) is 23.0 Å². The predicted octanol–water partition coefficient (Wildman–Crippen LogP) is 1.97. The number of likely N-dealkylation sites (tertiary alicyclic amines) is 1. The molecule has 5 nitrogen and oxygen atoms in total. The zero-order valence-electron chi connectivity index (χ0n) is 11.7. The molecule has 0 spiro atoms. The summed E-state index contributed by atoms with van der Waals surface area (Å²) in [4.78, 5) is 6.77. The molecule has 1 aromatic carbocycles. The van der Waals surface area contributed by atoms with E-state index in [1.165, 1.54) is 19.3 Å². The van der Waals surface area contributed by atoms with Crippen molar-refractivity contribution in [3.05, 3.63) is 23.8 Å². The number of hydrogen-bond acceptors (Lipinski definition) is 4. The number of rotatable bonds is 2. The number of imidazole rings is 1. The fraction of sp³-hybridized carbons (Fsp3) is 0.467. The highest BCUT2D eigenvalue weighted by atomic mass is 15.2. The molecule has 1 unspecified atom stereocenters. The molecule has 1 aliphatic heterocycles. The SMILES string of the molecule is CN1CCCCC1Cn1c(N)nc2c(C#N)cccc21. The van der Waals surface area contributed by atoms with Gasteiger partial charge in [0.2, 0.25) is 5.95 Å². The minimum Gasteiger partial charge on any atom is -0.369 e. The fourth-order valence-electron chi connectivity index (χ4n) is 3.03. The van der Waals surface area contributed by atoms with Crippen molar-refractivity contribution < 1.29 is 0 Å². The second-order valence-electron chi connectivity index (χ2n) is 5.50. The quantitative estimate of drug-likeness (QED) is 0.905. The van der Waals surface area contributed by atoms with E-state index >= 15 is 0 Å². The van der Waals surface area contributed by atoms with Gasteiger partial charge < -0.3 is 15.2 Å². The number of hydrogen-bond donors (Lipinski definition) is 1. The number of benzene rings is 1. The molecule has 0 saturated carbocycles. The lowest BCUT2D eigenvalue weighted by Crippen LogP contribution is -2.39. The second kappa shape index (κ2) is 5.14. The van der Waals surface area contributed by atoms with E-state index in [9.17, 15) is 0 Å². The number of fused-ring (bicyclic) bond motifs is 1. The number of nitrogen functional groups attached to an aromatic ring is 1. The molecule has 0 amide bonds. The van der Waals surface area contributed by atoms with Crippen LogP contribution in [0.2, 0.25) is 0 Å². The largest absolute Gasteiger partial charge is 0.369 e. The average molecular weight is 269 g/mol. The van der Waals surface area contributed by atoms with Crippen molar-refractivity contribution >= 4 is 17.0 Å². The molecule has 2 heterocycles. The second-order valence-corrected chi connectivity index (χ2v) is 5.50. The van der Waals surface area contributed by atoms with Crippen LogP contribution in [-0.4, -0.2) is 34.1 Å². The Hall–Kier alpha value is -2.06. The van der Waals surface area contributed by atoms with Gasteiger partial charge in [0.15, 0.2) is 0 Å². The summed E-state index contributed by atoms with van der Waals surface area (Å²) in [5.41, 5.74) is 8.32. The molecule has 1 aromatic heterocycles. The Balaban J connectivity index is 1.99. The summed E-state index contributed by atoms with van der Waals surface area (Å²) in [6, 6.07) is 8.34. The van der Waals surface area contributed by atoms with E-state index in [-0.39, 0.29) is 0 Å². The van der Waals surface area contributed by atoms with Gasteiger partial charge in [-0.1, -0.05) is 12.5 Å². The van der Waals surface area contributed by atoms with Crippen LogP contribution in [-0.2, 0) is 6.54 Å². The first-order valence-corrected chi connectivity index (χ1v) is 7.06. The van der Waals surface area contributed by atoms with Crippen molar-refractivity contribution in [2.45, 2.75) is 31.8 Å². The molecular formula is C15H19N5. The summed E-state index contributed by atoms with van der Waals surface area (Å²) < 4.78 is 2.04. The van der Waals surface area contributed by atoms with Gasteiger partial charge in [-0.25, -0.2) is 4.98 Å². The molecule has 104 valence electrons. The highest BCUT2D eigenvalue weighted by Crippen LogP contribution is 2.24. The molecule has 0 bridgehead atoms. The maximum atomic E-state index is 9.15. The zero-order valence-corrected chi connectivity index (χ0v) is 11.7. The monoisotopic (exact) mass is 269 g/mol. The molecule has 3 rings (SSSR count). The van der Waals surface area contributed by atoms with Crippen LogP contribution in [0.25, 0.3) is 11.0 Å². The Morgan fingerprint density at radius 1 is 1.45 bits per heavy atom. The standard InChI is InChI=1S/C15H19N5/c1-19-8-3-2-6-12(19)10-20-13-7-4-5-11(9-16)14(13)18-15(20)17/h4-5,7,12H,2-3,6,8,10H2,1H3,(H2,17,18). The lowest BCUT2D eigenvalue weighted by atomic mass is 10.0. The number of anilines is 1. The number of para-hydroxylation sites is 1. The topological polar surface area (TPSA) is 70.9 Å². The van der Waals surface area contributed by atoms with Gasteiger partial charge in [-0.15, -0.1) is 0 Å². The molecule has 1 atom stereocenters. The molecular weight excluding hydrogens is 250 g/mol. The Morgan fingerprint density at radius 2 is 2.30 bits per heavy atom. The van der Waals surface area contributed by atoms with Crippen molar-refractivity contribution in [1.29, 1.82) is 5.26 Å². The minimum atomic E-state index is 0.495. The molecule has 0 radical (unpaired) electrons. The Bertz CT molecular complexity index is 667. The van der Waals surface area contributed by atoms with Crippen molar-refractivity contribution in [3.63, 3.8) is 0 Å². The molecule has 2 N–H and O–H groups in total. The van der Waals surface area contributed by atoms with Crippen LogP contribution in [0.1, 0.15) is 24.8 Å². The molecule has 1 fully saturated rings. The molecule has 1 saturated heterocycles. The molecule has 20 heavy (non-hydrogen) atoms. The van der Waals surface area contributed by atoms with Crippen LogP contribution in [0.15, 0.2) is 18.2 Å². The zero-order chi connectivity index (χ0) is 14.1. The first-order valence-electron chi connectivity index (χ1n) is 7.06. The van der Waals surface area contributed by atoms with Gasteiger partial charge in [0, 0.05) is 12.6 Å². The summed E-state index contributed by atoms with van der Waals surface area (Å²) in [5.74, 6) is 0.502. The van der Waals surface area contributed by atoms with Crippen molar-refractivity contribution in [1.82, 2.24) is 14.5 Å². The van der Waals surface area contributed by atoms with Gasteiger partial charge in [0.05, 0.1) is 11.1 Å². The van der Waals surface area contributed by atoms with E-state index in [0.29, 0.717) is 23.1 Å². The summed E-state index contributed by atoms with van der Waals surface area (Å²) in [5, 5.41) is 9.15. The number of likely N-dealkylation sites (N-methyl/N-ethyl adjacent to an activating group) is 1. The van der Waals surface area contributed by atoms with Crippen LogP contribution in [0.3, 0.4) is 0 Å². The van der Waals surface area contributed by atoms with Crippen LogP contribution >= 0.6 is 0 Å². The first kappa shape index (κ1) is 12.9. The van der Waals surface area contributed by atoms with E-state index in [0.717, 1.165) is 18.6 Å². The number of aromatic nitrogens is 2. The molecule has 1 aliphatic rings. The Morgan fingerprint density at radius 3 is 3.05 bits per heavy atom. The Labute approximate surface area is 118 Å². The summed E-state index contributed by atoms with van der Waals surface area (Å²) in [6.07, 6.45) is 3.73. The van der Waals surface area contributed by atoms with E-state index in [1.54, 1.807) is 6.07 Å². The molecule has 5 heteroatoms. The van der Waals surface area contributed by atoms with E-state index < -0.39 is 0 Å². The van der Waals surface area contributed by atoms with Gasteiger partial charge in [-0.3, -0.25) is 0 Å². The van der Waals surface area contributed by atoms with Crippen molar-refractivity contribution in [2.24, 2.45) is 0 Å². The van der Waals surface area contributed by atoms with Crippen molar-refractivity contribution in [2.75, 3.05) is 19.3 Å². The van der Waals surface area contributed by atoms with Crippen LogP contribution in [0.5, 0.6) is 0 Å². The molecule has 0 aliphatic carbocycles. The van der Waals surface area contributed by atoms with Gasteiger partial charge in [-0.05, 0) is 38.6 Å². The average Bonchev–Trinajstić information content (AvgIpc) is 2.77. The van der Waals surface area contributed by atoms with Crippen LogP contribution in [0.4, 0.5) is 5.95 Å². The van der Waals surface area contributed by atoms with E-state index in [4.69, 9.17) is 11.0 Å². The van der Waals surface area contributed by atoms with Crippen LogP contribution < -0.4 is 5.73 Å². The normalized spacial score (nSPS) is 20.1. The van der Waals surface area contributed by atoms with Gasteiger partial charge >= 0.3 is 0 Å². The van der Waals surface area contributed by atoms with Gasteiger partial charge in [-0.2, -0.15) is 5.26 Å². The Kier molecular flexibility index (Phi) is 3.33. The van der Waals surface area contributed by atoms with Crippen LogP contribution in [0, 0.1) is 11.3 Å². The van der Waals surface area contributed by atoms with Crippen molar-refractivity contribution in [3.8, 4) is 6.07 Å².